The van der Waals surface area contributed by atoms with Crippen molar-refractivity contribution in [3.63, 3.8) is 0 Å². The van der Waals surface area contributed by atoms with Crippen molar-refractivity contribution in [3.05, 3.63) is 141 Å². The zero-order valence-corrected chi connectivity index (χ0v) is 63.9. The van der Waals surface area contributed by atoms with Crippen LogP contribution >= 0.6 is 23.2 Å². The van der Waals surface area contributed by atoms with Gasteiger partial charge in [0.15, 0.2) is 27.8 Å². The maximum atomic E-state index is 13.7. The lowest BCUT2D eigenvalue weighted by atomic mass is 9.68. The standard InChI is InChI=1S/2C40H53ClN2O6Si/c2*1-38(2,3)50(4,5)49-34-10-6-9-30-17-19-43(30)36(44)22-40(47,37(45)46)28-12-16-35-33(21-28)42(23-27-11-14-31(27)34)24-39(25-48-35)18-7-8-26-20-29(41)13-15-32(26)39/h2*6,10,12-13,15-16,20-21,27,30-31,34,47H,7-9,11,14,17-19,22-25H2,1-5H3,(H,45,46)/b2*10-6+/t2*27?,30-,31?,34?,39?,40?/m11/s1. The zero-order valence-electron chi connectivity index (χ0n) is 60.4. The van der Waals surface area contributed by atoms with Gasteiger partial charge < -0.3 is 58.4 Å². The van der Waals surface area contributed by atoms with Crippen LogP contribution < -0.4 is 19.3 Å². The molecule has 0 radical (unpaired) electrons. The largest absolute Gasteiger partial charge is 0.490 e. The molecule has 4 bridgehead atoms. The molecule has 10 aliphatic rings. The van der Waals surface area contributed by atoms with Crippen LogP contribution in [0.15, 0.2) is 97.1 Å². The van der Waals surface area contributed by atoms with Gasteiger partial charge in [0.25, 0.3) is 0 Å². The number of hydrogen-bond donors (Lipinski definition) is 4. The van der Waals surface area contributed by atoms with Gasteiger partial charge in [-0.05, 0) is 232 Å². The molecule has 100 heavy (non-hydrogen) atoms. The summed E-state index contributed by atoms with van der Waals surface area (Å²) in [5, 5.41) is 46.2. The quantitative estimate of drug-likeness (QED) is 0.105. The molecular formula is C80H106Cl2N4O12Si2. The third-order valence-electron chi connectivity index (χ3n) is 26.1. The van der Waals surface area contributed by atoms with Gasteiger partial charge in [0.2, 0.25) is 11.8 Å². The number of carboxylic acids is 2. The van der Waals surface area contributed by atoms with Gasteiger partial charge in [-0.25, -0.2) is 9.59 Å². The SMILES string of the molecule is CC(C)(C)[Si](C)(C)OC1/C=C/C[C@@H]2CCN2C(=O)CC(O)(C(=O)O)c2ccc3c(c2)N(CC2CCC21)CC1(CCCc2cc(Cl)ccc21)CO3.CC(C)(C)[Si](C)(C)OC1/C=C/C[C@@H]2CCN2C(=O)CC(O)(C(=O)O)c2ccc3c(c2)N(CC2CCC21)CC1(CCCc2cc(Cl)ccc21)CO3. The van der Waals surface area contributed by atoms with Crippen LogP contribution in [-0.4, -0.2) is 147 Å². The van der Waals surface area contributed by atoms with E-state index in [0.717, 1.165) is 112 Å². The third-order valence-corrected chi connectivity index (χ3v) is 35.5. The number of nitrogens with zero attached hydrogens (tertiary/aromatic N) is 4. The highest BCUT2D eigenvalue weighted by Gasteiger charge is 2.53. The predicted molar refractivity (Wildman–Crippen MR) is 397 cm³/mol. The van der Waals surface area contributed by atoms with Crippen LogP contribution in [0.1, 0.15) is 165 Å². The Hall–Kier alpha value is -5.71. The number of rotatable bonds is 6. The Kier molecular flexibility index (Phi) is 19.9. The molecule has 4 N–H and O–H groups in total. The van der Waals surface area contributed by atoms with Gasteiger partial charge in [-0.2, -0.15) is 0 Å². The van der Waals surface area contributed by atoms with Crippen LogP contribution in [0.5, 0.6) is 11.5 Å². The zero-order chi connectivity index (χ0) is 71.3. The normalized spacial score (nSPS) is 32.0. The Balaban J connectivity index is 0.000000179. The number of halogens is 2. The minimum atomic E-state index is -2.37. The summed E-state index contributed by atoms with van der Waals surface area (Å²) in [7, 11) is -4.22. The van der Waals surface area contributed by atoms with Crippen molar-refractivity contribution in [3.8, 4) is 11.5 Å². The minimum Gasteiger partial charge on any atom is -0.490 e. The molecule has 2 saturated heterocycles. The molecule has 0 aromatic heterocycles. The predicted octanol–water partition coefficient (Wildman–Crippen LogP) is 14.9. The summed E-state index contributed by atoms with van der Waals surface area (Å²) in [6, 6.07) is 22.8. The van der Waals surface area contributed by atoms with Crippen molar-refractivity contribution in [1.29, 1.82) is 0 Å². The lowest BCUT2D eigenvalue weighted by Gasteiger charge is -2.48. The van der Waals surface area contributed by atoms with E-state index >= 15 is 0 Å². The molecule has 4 aromatic carbocycles. The van der Waals surface area contributed by atoms with Crippen molar-refractivity contribution < 1.29 is 57.9 Å². The number of hydrogen-bond acceptors (Lipinski definition) is 12. The summed E-state index contributed by atoms with van der Waals surface area (Å²) in [4.78, 5) is 61.2. The molecule has 6 heterocycles. The van der Waals surface area contributed by atoms with E-state index in [4.69, 9.17) is 41.5 Å². The summed E-state index contributed by atoms with van der Waals surface area (Å²) in [5.41, 5.74) is 1.64. The highest BCUT2D eigenvalue weighted by atomic mass is 35.5. The molecule has 14 rings (SSSR count). The number of aliphatic carboxylic acids is 2. The lowest BCUT2D eigenvalue weighted by molar-refractivity contribution is -0.166. The van der Waals surface area contributed by atoms with Gasteiger partial charge in [-0.15, -0.1) is 0 Å². The van der Waals surface area contributed by atoms with E-state index in [1.165, 1.54) is 22.3 Å². The molecule has 20 heteroatoms. The number of carbonyl (C=O) groups is 4. The van der Waals surface area contributed by atoms with Gasteiger partial charge >= 0.3 is 11.9 Å². The van der Waals surface area contributed by atoms with Crippen LogP contribution in [0.3, 0.4) is 0 Å². The number of aliphatic hydroxyl groups is 2. The van der Waals surface area contributed by atoms with Gasteiger partial charge in [-0.3, -0.25) is 9.59 Å². The molecule has 4 aliphatic carbocycles. The van der Waals surface area contributed by atoms with Gasteiger partial charge in [0.05, 0.1) is 49.6 Å². The topological polar surface area (TPSA) is 199 Å². The van der Waals surface area contributed by atoms with Crippen LogP contribution in [0.2, 0.25) is 46.3 Å². The second-order valence-corrected chi connectivity index (χ2v) is 44.7. The van der Waals surface area contributed by atoms with E-state index < -0.39 is 52.6 Å². The number of fused-ring (bicyclic) bond motifs is 10. The van der Waals surface area contributed by atoms with Gasteiger partial charge in [0, 0.05) is 72.2 Å². The Morgan fingerprint density at radius 3 is 1.30 bits per heavy atom. The summed E-state index contributed by atoms with van der Waals surface area (Å²) in [6.45, 7) is 28.0. The monoisotopic (exact) mass is 1440 g/mol. The van der Waals surface area contributed by atoms with E-state index in [-0.39, 0.29) is 68.1 Å². The maximum absolute atomic E-state index is 13.7. The second-order valence-electron chi connectivity index (χ2n) is 34.3. The molecule has 4 aromatic rings. The van der Waals surface area contributed by atoms with Crippen LogP contribution in [0, 0.1) is 23.7 Å². The Morgan fingerprint density at radius 1 is 0.560 bits per heavy atom. The molecule has 2 saturated carbocycles. The second kappa shape index (κ2) is 27.4. The highest BCUT2D eigenvalue weighted by Crippen LogP contribution is 2.53. The number of amides is 2. The molecule has 12 atom stereocenters. The lowest BCUT2D eigenvalue weighted by Crippen LogP contribution is -2.53. The van der Waals surface area contributed by atoms with E-state index in [1.54, 1.807) is 46.2 Å². The molecule has 16 nitrogen and oxygen atoms in total. The first-order chi connectivity index (χ1) is 47.2. The van der Waals surface area contributed by atoms with E-state index in [2.05, 4.69) is 126 Å². The first-order valence-corrected chi connectivity index (χ1v) is 43.6. The molecule has 540 valence electrons. The van der Waals surface area contributed by atoms with Crippen molar-refractivity contribution in [2.24, 2.45) is 23.7 Å². The van der Waals surface area contributed by atoms with Crippen molar-refractivity contribution in [2.45, 2.75) is 227 Å². The Bertz CT molecular complexity index is 3630. The fourth-order valence-electron chi connectivity index (χ4n) is 17.4. The molecule has 6 aliphatic heterocycles. The number of benzene rings is 4. The Labute approximate surface area is 604 Å². The molecular weight excluding hydrogens is 1340 g/mol. The van der Waals surface area contributed by atoms with Crippen LogP contribution in [-0.2, 0) is 62.9 Å². The van der Waals surface area contributed by atoms with E-state index in [0.29, 0.717) is 87.4 Å². The van der Waals surface area contributed by atoms with Crippen LogP contribution in [0.25, 0.3) is 0 Å². The smallest absolute Gasteiger partial charge is 0.340 e. The molecule has 10 unspecified atom stereocenters. The summed E-state index contributed by atoms with van der Waals surface area (Å²) >= 11 is 13.0. The molecule has 2 spiro atoms. The fourth-order valence-corrected chi connectivity index (χ4v) is 20.4. The minimum absolute atomic E-state index is 0.0178. The first kappa shape index (κ1) is 72.6. The maximum Gasteiger partial charge on any atom is 0.340 e. The molecule has 4 fully saturated rings. The number of ether oxygens (including phenoxy) is 2. The number of carboxylic acid groups (broad SMARTS) is 2. The summed E-state index contributed by atoms with van der Waals surface area (Å²) in [6.07, 6.45) is 21.0. The fraction of sp³-hybridized carbons (Fsp3) is 0.600. The van der Waals surface area contributed by atoms with Crippen molar-refractivity contribution >= 4 is 75.0 Å². The van der Waals surface area contributed by atoms with Crippen molar-refractivity contribution in [2.75, 3.05) is 62.3 Å². The number of aryl methyl sites for hydroxylation is 2. The van der Waals surface area contributed by atoms with E-state index in [9.17, 15) is 39.6 Å². The van der Waals surface area contributed by atoms with Crippen molar-refractivity contribution in [1.82, 2.24) is 9.80 Å². The summed E-state index contributed by atoms with van der Waals surface area (Å²) in [5.74, 6) is -0.865. The van der Waals surface area contributed by atoms with Crippen LogP contribution in [0.4, 0.5) is 11.4 Å². The molecule has 2 amide bonds. The number of carbonyl (C=O) groups excluding carboxylic acids is 2. The first-order valence-electron chi connectivity index (χ1n) is 37.0. The average molecular weight is 1440 g/mol. The Morgan fingerprint density at radius 2 is 0.960 bits per heavy atom. The average Bonchev–Trinajstić information content (AvgIpc) is 1.48. The van der Waals surface area contributed by atoms with E-state index in [1.807, 2.05) is 12.1 Å². The van der Waals surface area contributed by atoms with Gasteiger partial charge in [-0.1, -0.05) is 113 Å². The third kappa shape index (κ3) is 13.8. The number of anilines is 2. The highest BCUT2D eigenvalue weighted by molar-refractivity contribution is 6.74. The van der Waals surface area contributed by atoms with Gasteiger partial charge in [0.1, 0.15) is 11.5 Å². The summed E-state index contributed by atoms with van der Waals surface area (Å²) < 4.78 is 27.8.